The molecule has 1 aromatic heterocycles. The number of rotatable bonds is 9. The largest absolute Gasteiger partial charge is 0.493 e. The minimum atomic E-state index is -0.982. The first-order valence-electron chi connectivity index (χ1n) is 12.2. The molecule has 7 nitrogen and oxygen atoms in total. The fraction of sp³-hybridized carbons (Fsp3) is 0.267. The number of carboxylic acid groups (broad SMARTS) is 1. The first kappa shape index (κ1) is 27.1. The highest BCUT2D eigenvalue weighted by molar-refractivity contribution is 7.99. The average molecular weight is 533 g/mol. The van der Waals surface area contributed by atoms with E-state index in [1.807, 2.05) is 32.0 Å². The Hall–Kier alpha value is -3.91. The van der Waals surface area contributed by atoms with Crippen LogP contribution in [-0.2, 0) is 0 Å². The molecule has 0 saturated carbocycles. The highest BCUT2D eigenvalue weighted by Crippen LogP contribution is 2.39. The Kier molecular flexibility index (Phi) is 8.32. The van der Waals surface area contributed by atoms with Crippen molar-refractivity contribution >= 4 is 34.4 Å². The van der Waals surface area contributed by atoms with Crippen molar-refractivity contribution in [1.82, 2.24) is 4.98 Å². The predicted octanol–water partition coefficient (Wildman–Crippen LogP) is 7.55. The van der Waals surface area contributed by atoms with Gasteiger partial charge in [0.25, 0.3) is 0 Å². The summed E-state index contributed by atoms with van der Waals surface area (Å²) in [6, 6.07) is 15.4. The maximum absolute atomic E-state index is 12.2. The fourth-order valence-electron chi connectivity index (χ4n) is 4.27. The van der Waals surface area contributed by atoms with E-state index in [0.29, 0.717) is 46.5 Å². The molecule has 1 amide bonds. The summed E-state index contributed by atoms with van der Waals surface area (Å²) in [5, 5.41) is 10.8. The Bertz CT molecular complexity index is 1490. The van der Waals surface area contributed by atoms with E-state index in [4.69, 9.17) is 14.2 Å². The summed E-state index contributed by atoms with van der Waals surface area (Å²) in [7, 11) is 3.17. The number of carbonyl (C=O) groups is 1. The van der Waals surface area contributed by atoms with E-state index < -0.39 is 6.09 Å². The number of fused-ring (bicyclic) bond motifs is 1. The number of hydrogen-bond acceptors (Lipinski definition) is 6. The van der Waals surface area contributed by atoms with E-state index >= 15 is 0 Å². The van der Waals surface area contributed by atoms with Crippen LogP contribution in [0.4, 0.5) is 10.5 Å². The van der Waals surface area contributed by atoms with Gasteiger partial charge in [0.05, 0.1) is 25.4 Å². The molecule has 0 saturated heterocycles. The molecule has 3 aromatic carbocycles. The van der Waals surface area contributed by atoms with E-state index in [1.165, 1.54) is 20.9 Å². The van der Waals surface area contributed by atoms with E-state index in [9.17, 15) is 9.90 Å². The van der Waals surface area contributed by atoms with Crippen LogP contribution in [0, 0.1) is 27.7 Å². The van der Waals surface area contributed by atoms with Crippen LogP contribution in [0.3, 0.4) is 0 Å². The summed E-state index contributed by atoms with van der Waals surface area (Å²) in [5.74, 6) is 3.07. The minimum absolute atomic E-state index is 0.366. The summed E-state index contributed by atoms with van der Waals surface area (Å²) in [6.07, 6.45) is 0.698. The molecule has 4 aromatic rings. The molecule has 0 radical (unpaired) electrons. The lowest BCUT2D eigenvalue weighted by Crippen LogP contribution is -2.32. The number of amides is 1. The maximum Gasteiger partial charge on any atom is 0.411 e. The molecular weight excluding hydrogens is 500 g/mol. The van der Waals surface area contributed by atoms with Crippen molar-refractivity contribution in [2.75, 3.05) is 31.4 Å². The van der Waals surface area contributed by atoms with Gasteiger partial charge in [-0.1, -0.05) is 17.7 Å². The summed E-state index contributed by atoms with van der Waals surface area (Å²) in [5.41, 5.74) is 5.45. The summed E-state index contributed by atoms with van der Waals surface area (Å²) in [6.45, 7) is 8.35. The second-order valence-corrected chi connectivity index (χ2v) is 10.2. The molecule has 0 unspecified atom stereocenters. The molecule has 0 aliphatic rings. The second-order valence-electron chi connectivity index (χ2n) is 9.02. The number of aryl methyl sites for hydroxylation is 2. The van der Waals surface area contributed by atoms with Crippen LogP contribution in [0.5, 0.6) is 23.0 Å². The van der Waals surface area contributed by atoms with Crippen LogP contribution < -0.4 is 19.1 Å². The van der Waals surface area contributed by atoms with Crippen molar-refractivity contribution in [3.05, 3.63) is 77.0 Å². The van der Waals surface area contributed by atoms with Gasteiger partial charge in [-0.2, -0.15) is 0 Å². The number of anilines is 1. The zero-order valence-electron chi connectivity index (χ0n) is 22.5. The lowest BCUT2D eigenvalue weighted by Gasteiger charge is -2.23. The molecule has 1 heterocycles. The molecule has 8 heteroatoms. The monoisotopic (exact) mass is 532 g/mol. The molecule has 0 bridgehead atoms. The van der Waals surface area contributed by atoms with Crippen LogP contribution in [0.1, 0.15) is 22.3 Å². The van der Waals surface area contributed by atoms with Gasteiger partial charge in [0.2, 0.25) is 0 Å². The third kappa shape index (κ3) is 5.65. The normalized spacial score (nSPS) is 10.9. The van der Waals surface area contributed by atoms with Crippen molar-refractivity contribution in [3.8, 4) is 23.0 Å². The SMILES string of the molecule is COc1cc2nccc(Oc3ccc(N(CCSc4cc(C)ccc4C)C(=O)O)c(C)c3C)c2cc1OC. The molecule has 38 heavy (non-hydrogen) atoms. The smallest absolute Gasteiger partial charge is 0.411 e. The molecule has 0 aliphatic carbocycles. The second kappa shape index (κ2) is 11.6. The Morgan fingerprint density at radius 2 is 1.63 bits per heavy atom. The molecule has 0 atom stereocenters. The number of pyridine rings is 1. The third-order valence-electron chi connectivity index (χ3n) is 6.57. The first-order chi connectivity index (χ1) is 18.2. The van der Waals surface area contributed by atoms with Gasteiger partial charge in [0.15, 0.2) is 11.5 Å². The maximum atomic E-state index is 12.2. The predicted molar refractivity (Wildman–Crippen MR) is 153 cm³/mol. The Balaban J connectivity index is 1.58. The van der Waals surface area contributed by atoms with Crippen LogP contribution in [-0.4, -0.2) is 42.7 Å². The number of aromatic nitrogens is 1. The Morgan fingerprint density at radius 3 is 2.34 bits per heavy atom. The number of hydrogen-bond donors (Lipinski definition) is 1. The zero-order valence-corrected chi connectivity index (χ0v) is 23.3. The molecule has 0 spiro atoms. The van der Waals surface area contributed by atoms with Gasteiger partial charge in [0, 0.05) is 34.8 Å². The van der Waals surface area contributed by atoms with E-state index in [2.05, 4.69) is 37.0 Å². The van der Waals surface area contributed by atoms with Gasteiger partial charge < -0.3 is 19.3 Å². The first-order valence-corrected chi connectivity index (χ1v) is 13.2. The van der Waals surface area contributed by atoms with Gasteiger partial charge in [0.1, 0.15) is 11.5 Å². The fourth-order valence-corrected chi connectivity index (χ4v) is 5.33. The number of benzene rings is 3. The highest BCUT2D eigenvalue weighted by Gasteiger charge is 2.20. The average Bonchev–Trinajstić information content (AvgIpc) is 2.91. The number of ether oxygens (including phenoxy) is 3. The summed E-state index contributed by atoms with van der Waals surface area (Å²) < 4.78 is 17.2. The summed E-state index contributed by atoms with van der Waals surface area (Å²) >= 11 is 1.67. The van der Waals surface area contributed by atoms with Gasteiger partial charge in [-0.25, -0.2) is 4.79 Å². The summed E-state index contributed by atoms with van der Waals surface area (Å²) in [4.78, 5) is 19.2. The van der Waals surface area contributed by atoms with Crippen LogP contribution in [0.2, 0.25) is 0 Å². The van der Waals surface area contributed by atoms with Crippen molar-refractivity contribution in [3.63, 3.8) is 0 Å². The van der Waals surface area contributed by atoms with Crippen molar-refractivity contribution in [2.45, 2.75) is 32.6 Å². The minimum Gasteiger partial charge on any atom is -0.493 e. The van der Waals surface area contributed by atoms with Crippen LogP contribution >= 0.6 is 11.8 Å². The molecule has 1 N–H and O–H groups in total. The number of thioether (sulfide) groups is 1. The molecule has 0 fully saturated rings. The van der Waals surface area contributed by atoms with E-state index in [0.717, 1.165) is 16.5 Å². The lowest BCUT2D eigenvalue weighted by molar-refractivity contribution is 0.202. The van der Waals surface area contributed by atoms with Gasteiger partial charge in [-0.15, -0.1) is 11.8 Å². The number of nitrogens with zero attached hydrogens (tertiary/aromatic N) is 2. The van der Waals surface area contributed by atoms with Crippen molar-refractivity contribution in [1.29, 1.82) is 0 Å². The number of methoxy groups -OCH3 is 2. The standard InChI is InChI=1S/C30H32N2O5S/c1-18-7-8-19(2)29(15-18)38-14-13-32(30(33)34)24-9-10-25(21(4)20(24)3)37-26-11-12-31-23-17-28(36-6)27(35-5)16-22(23)26/h7-12,15-17H,13-14H2,1-6H3,(H,33,34). The zero-order chi connectivity index (χ0) is 27.4. The van der Waals surface area contributed by atoms with E-state index in [1.54, 1.807) is 44.3 Å². The van der Waals surface area contributed by atoms with Gasteiger partial charge in [-0.05, 0) is 74.7 Å². The molecule has 198 valence electrons. The van der Waals surface area contributed by atoms with Gasteiger partial charge in [-0.3, -0.25) is 9.88 Å². The molecular formula is C30H32N2O5S. The Labute approximate surface area is 227 Å². The van der Waals surface area contributed by atoms with Crippen molar-refractivity contribution < 1.29 is 24.1 Å². The van der Waals surface area contributed by atoms with Crippen molar-refractivity contribution in [2.24, 2.45) is 0 Å². The van der Waals surface area contributed by atoms with Gasteiger partial charge >= 0.3 is 6.09 Å². The Morgan fingerprint density at radius 1 is 0.895 bits per heavy atom. The lowest BCUT2D eigenvalue weighted by atomic mass is 10.1. The quantitative estimate of drug-likeness (QED) is 0.223. The third-order valence-corrected chi connectivity index (χ3v) is 7.71. The van der Waals surface area contributed by atoms with Crippen LogP contribution in [0.25, 0.3) is 10.9 Å². The topological polar surface area (TPSA) is 81.1 Å². The van der Waals surface area contributed by atoms with E-state index in [-0.39, 0.29) is 0 Å². The molecule has 0 aliphatic heterocycles. The highest BCUT2D eigenvalue weighted by atomic mass is 32.2. The van der Waals surface area contributed by atoms with Crippen LogP contribution in [0.15, 0.2) is 59.6 Å². The molecule has 4 rings (SSSR count).